The van der Waals surface area contributed by atoms with Crippen molar-refractivity contribution in [3.63, 3.8) is 0 Å². The van der Waals surface area contributed by atoms with Gasteiger partial charge in [0.15, 0.2) is 5.75 Å². The molecule has 0 spiro atoms. The molecule has 0 heterocycles. The third-order valence-corrected chi connectivity index (χ3v) is 2.03. The van der Waals surface area contributed by atoms with E-state index in [9.17, 15) is 0 Å². The molecule has 78 valence electrons. The van der Waals surface area contributed by atoms with Gasteiger partial charge in [0.1, 0.15) is 0 Å². The van der Waals surface area contributed by atoms with Crippen LogP contribution in [0.1, 0.15) is 26.7 Å². The van der Waals surface area contributed by atoms with E-state index < -0.39 is 0 Å². The van der Waals surface area contributed by atoms with Crippen molar-refractivity contribution < 1.29 is 9.78 Å². The van der Waals surface area contributed by atoms with Crippen molar-refractivity contribution in [1.82, 2.24) is 0 Å². The van der Waals surface area contributed by atoms with Crippen molar-refractivity contribution in [2.75, 3.05) is 6.61 Å². The lowest BCUT2D eigenvalue weighted by atomic mass is 10.1. The molecule has 1 unspecified atom stereocenters. The van der Waals surface area contributed by atoms with E-state index in [2.05, 4.69) is 13.8 Å². The van der Waals surface area contributed by atoms with E-state index in [-0.39, 0.29) is 0 Å². The van der Waals surface area contributed by atoms with Crippen molar-refractivity contribution >= 4 is 0 Å². The minimum absolute atomic E-state index is 0.559. The fourth-order valence-electron chi connectivity index (χ4n) is 1.27. The Bertz CT molecular complexity index is 233. The maximum Gasteiger partial charge on any atom is 0.165 e. The van der Waals surface area contributed by atoms with Gasteiger partial charge < -0.3 is 4.89 Å². The number of hydrogen-bond acceptors (Lipinski definition) is 2. The Morgan fingerprint density at radius 1 is 1.21 bits per heavy atom. The molecule has 1 rings (SSSR count). The van der Waals surface area contributed by atoms with Crippen LogP contribution in [0.4, 0.5) is 0 Å². The van der Waals surface area contributed by atoms with Gasteiger partial charge in [-0.3, -0.25) is 0 Å². The van der Waals surface area contributed by atoms with E-state index in [1.807, 2.05) is 30.3 Å². The number of benzene rings is 1. The van der Waals surface area contributed by atoms with Crippen LogP contribution < -0.4 is 4.89 Å². The van der Waals surface area contributed by atoms with E-state index in [1.54, 1.807) is 0 Å². The molecule has 0 amide bonds. The van der Waals surface area contributed by atoms with E-state index in [4.69, 9.17) is 9.78 Å². The molecule has 0 saturated carbocycles. The van der Waals surface area contributed by atoms with Gasteiger partial charge in [0.05, 0.1) is 6.61 Å². The zero-order valence-electron chi connectivity index (χ0n) is 8.90. The molecular formula is C12H18O2. The summed E-state index contributed by atoms with van der Waals surface area (Å²) in [6.45, 7) is 5.00. The first-order valence-corrected chi connectivity index (χ1v) is 5.17. The van der Waals surface area contributed by atoms with Crippen molar-refractivity contribution in [2.45, 2.75) is 26.7 Å². The fraction of sp³-hybridized carbons (Fsp3) is 0.500. The normalized spacial score (nSPS) is 12.4. The number of para-hydroxylation sites is 1. The van der Waals surface area contributed by atoms with Gasteiger partial charge in [0, 0.05) is 0 Å². The minimum Gasteiger partial charge on any atom is -0.338 e. The van der Waals surface area contributed by atoms with Gasteiger partial charge in [-0.2, -0.15) is 4.89 Å². The lowest BCUT2D eigenvalue weighted by Gasteiger charge is -2.09. The van der Waals surface area contributed by atoms with E-state index in [0.717, 1.165) is 5.75 Å². The van der Waals surface area contributed by atoms with Crippen LogP contribution in [0.5, 0.6) is 5.75 Å². The molecular weight excluding hydrogens is 176 g/mol. The van der Waals surface area contributed by atoms with Gasteiger partial charge in [-0.15, -0.1) is 0 Å². The van der Waals surface area contributed by atoms with Gasteiger partial charge in [0.2, 0.25) is 0 Å². The molecule has 0 fully saturated rings. The lowest BCUT2D eigenvalue weighted by molar-refractivity contribution is -0.215. The quantitative estimate of drug-likeness (QED) is 0.510. The Morgan fingerprint density at radius 3 is 2.57 bits per heavy atom. The Kier molecular flexibility index (Phi) is 5.08. The molecule has 0 aliphatic rings. The molecule has 0 aliphatic carbocycles. The Labute approximate surface area is 85.8 Å². The Morgan fingerprint density at radius 2 is 1.93 bits per heavy atom. The molecule has 1 atom stereocenters. The highest BCUT2D eigenvalue weighted by atomic mass is 17.2. The molecule has 2 nitrogen and oxygen atoms in total. The van der Waals surface area contributed by atoms with E-state index >= 15 is 0 Å². The molecule has 1 aromatic carbocycles. The van der Waals surface area contributed by atoms with Crippen molar-refractivity contribution in [1.29, 1.82) is 0 Å². The van der Waals surface area contributed by atoms with Crippen LogP contribution in [0, 0.1) is 5.92 Å². The lowest BCUT2D eigenvalue weighted by Crippen LogP contribution is -2.07. The number of rotatable bonds is 6. The van der Waals surface area contributed by atoms with Crippen LogP contribution in [0.25, 0.3) is 0 Å². The van der Waals surface area contributed by atoms with Gasteiger partial charge in [-0.1, -0.05) is 38.5 Å². The van der Waals surface area contributed by atoms with Crippen molar-refractivity contribution in [2.24, 2.45) is 5.92 Å². The monoisotopic (exact) mass is 194 g/mol. The fourth-order valence-corrected chi connectivity index (χ4v) is 1.27. The molecule has 0 saturated heterocycles. The largest absolute Gasteiger partial charge is 0.338 e. The zero-order valence-corrected chi connectivity index (χ0v) is 8.90. The molecule has 0 aromatic heterocycles. The summed E-state index contributed by atoms with van der Waals surface area (Å²) in [5.41, 5.74) is 0. The molecule has 2 heteroatoms. The van der Waals surface area contributed by atoms with Gasteiger partial charge in [0.25, 0.3) is 0 Å². The van der Waals surface area contributed by atoms with Crippen molar-refractivity contribution in [3.05, 3.63) is 30.3 Å². The molecule has 0 N–H and O–H groups in total. The Hall–Kier alpha value is -1.02. The molecule has 1 aromatic rings. The highest BCUT2D eigenvalue weighted by Crippen LogP contribution is 2.10. The SMILES string of the molecule is CCCC(C)COOc1ccccc1. The summed E-state index contributed by atoms with van der Waals surface area (Å²) in [6, 6.07) is 9.56. The second-order valence-electron chi connectivity index (χ2n) is 3.57. The van der Waals surface area contributed by atoms with Crippen LogP contribution >= 0.6 is 0 Å². The average molecular weight is 194 g/mol. The second kappa shape index (κ2) is 6.44. The maximum atomic E-state index is 5.13. The average Bonchev–Trinajstić information content (AvgIpc) is 2.20. The topological polar surface area (TPSA) is 18.5 Å². The zero-order chi connectivity index (χ0) is 10.2. The molecule has 14 heavy (non-hydrogen) atoms. The van der Waals surface area contributed by atoms with Crippen molar-refractivity contribution in [3.8, 4) is 5.75 Å². The van der Waals surface area contributed by atoms with E-state index in [0.29, 0.717) is 12.5 Å². The first-order chi connectivity index (χ1) is 6.83. The summed E-state index contributed by atoms with van der Waals surface area (Å²) < 4.78 is 0. The molecule has 0 radical (unpaired) electrons. The summed E-state index contributed by atoms with van der Waals surface area (Å²) in [5.74, 6) is 1.32. The van der Waals surface area contributed by atoms with E-state index in [1.165, 1.54) is 12.8 Å². The predicted octanol–water partition coefficient (Wildman–Crippen LogP) is 3.43. The third kappa shape index (κ3) is 4.28. The first-order valence-electron chi connectivity index (χ1n) is 5.17. The summed E-state index contributed by atoms with van der Waals surface area (Å²) in [7, 11) is 0. The van der Waals surface area contributed by atoms with Crippen LogP contribution in [-0.2, 0) is 4.89 Å². The third-order valence-electron chi connectivity index (χ3n) is 2.03. The number of hydrogen-bond donors (Lipinski definition) is 0. The second-order valence-corrected chi connectivity index (χ2v) is 3.57. The smallest absolute Gasteiger partial charge is 0.165 e. The molecule has 0 aliphatic heterocycles. The van der Waals surface area contributed by atoms with Gasteiger partial charge >= 0.3 is 0 Å². The molecule has 0 bridgehead atoms. The van der Waals surface area contributed by atoms with Crippen LogP contribution in [0.3, 0.4) is 0 Å². The highest BCUT2D eigenvalue weighted by Gasteiger charge is 2.01. The highest BCUT2D eigenvalue weighted by molar-refractivity contribution is 5.20. The Balaban J connectivity index is 2.16. The van der Waals surface area contributed by atoms with Crippen LogP contribution in [0.15, 0.2) is 30.3 Å². The van der Waals surface area contributed by atoms with Crippen LogP contribution in [-0.4, -0.2) is 6.61 Å². The summed E-state index contributed by atoms with van der Waals surface area (Å²) in [5, 5.41) is 0. The summed E-state index contributed by atoms with van der Waals surface area (Å²) in [6.07, 6.45) is 2.37. The van der Waals surface area contributed by atoms with Crippen LogP contribution in [0.2, 0.25) is 0 Å². The summed E-state index contributed by atoms with van der Waals surface area (Å²) in [4.78, 5) is 10.3. The standard InChI is InChI=1S/C12H18O2/c1-3-7-11(2)10-13-14-12-8-5-4-6-9-12/h4-6,8-9,11H,3,7,10H2,1-2H3. The van der Waals surface area contributed by atoms with Gasteiger partial charge in [-0.25, -0.2) is 0 Å². The van der Waals surface area contributed by atoms with Gasteiger partial charge in [-0.05, 0) is 24.5 Å². The minimum atomic E-state index is 0.559. The first kappa shape index (κ1) is 11.1. The maximum absolute atomic E-state index is 5.13. The predicted molar refractivity (Wildman–Crippen MR) is 57.1 cm³/mol. The summed E-state index contributed by atoms with van der Waals surface area (Å²) >= 11 is 0.